The van der Waals surface area contributed by atoms with Crippen LogP contribution in [0, 0.1) is 0 Å². The molecule has 3 aromatic rings. The van der Waals surface area contributed by atoms with Crippen molar-refractivity contribution in [3.05, 3.63) is 76.9 Å². The number of esters is 1. The van der Waals surface area contributed by atoms with Crippen LogP contribution in [0.5, 0.6) is 0 Å². The highest BCUT2D eigenvalue weighted by atomic mass is 35.5. The minimum Gasteiger partial charge on any atom is -0.462 e. The largest absolute Gasteiger partial charge is 0.462 e. The molecule has 0 aliphatic heterocycles. The monoisotopic (exact) mass is 382 g/mol. The van der Waals surface area contributed by atoms with Crippen LogP contribution < -0.4 is 10.6 Å². The first-order valence-electron chi connectivity index (χ1n) is 8.50. The average Bonchev–Trinajstić information content (AvgIpc) is 2.68. The van der Waals surface area contributed by atoms with Gasteiger partial charge >= 0.3 is 5.97 Å². The van der Waals surface area contributed by atoms with Crippen LogP contribution in [0.4, 0.5) is 17.5 Å². The molecule has 0 aliphatic rings. The fourth-order valence-electron chi connectivity index (χ4n) is 2.41. The number of halogens is 1. The van der Waals surface area contributed by atoms with Crippen molar-refractivity contribution in [3.63, 3.8) is 0 Å². The lowest BCUT2D eigenvalue weighted by atomic mass is 10.2. The van der Waals surface area contributed by atoms with Crippen molar-refractivity contribution >= 4 is 35.0 Å². The molecular formula is C20H19ClN4O2. The Morgan fingerprint density at radius 1 is 1.11 bits per heavy atom. The van der Waals surface area contributed by atoms with Gasteiger partial charge in [0.1, 0.15) is 5.82 Å². The van der Waals surface area contributed by atoms with Gasteiger partial charge in [0.05, 0.1) is 17.9 Å². The van der Waals surface area contributed by atoms with E-state index in [1.54, 1.807) is 37.4 Å². The predicted octanol–water partition coefficient (Wildman–Crippen LogP) is 4.66. The molecule has 0 aliphatic carbocycles. The molecule has 0 saturated carbocycles. The molecular weight excluding hydrogens is 364 g/mol. The van der Waals surface area contributed by atoms with Crippen LogP contribution in [0.15, 0.2) is 60.8 Å². The Kier molecular flexibility index (Phi) is 6.22. The van der Waals surface area contributed by atoms with Gasteiger partial charge in [0.25, 0.3) is 0 Å². The molecule has 6 nitrogen and oxygen atoms in total. The van der Waals surface area contributed by atoms with E-state index in [4.69, 9.17) is 16.3 Å². The van der Waals surface area contributed by atoms with E-state index in [1.807, 2.05) is 30.3 Å². The van der Waals surface area contributed by atoms with Crippen LogP contribution in [0.2, 0.25) is 5.02 Å². The highest BCUT2D eigenvalue weighted by Crippen LogP contribution is 2.20. The van der Waals surface area contributed by atoms with Gasteiger partial charge in [-0.2, -0.15) is 4.98 Å². The Morgan fingerprint density at radius 2 is 1.89 bits per heavy atom. The molecule has 2 aromatic carbocycles. The number of hydrogen-bond donors (Lipinski definition) is 2. The Labute approximate surface area is 162 Å². The standard InChI is InChI=1S/C20H19ClN4O2/c1-2-27-19(26)16-5-3-4-6-17(16)24-20-22-12-11-18(25-20)23-13-14-7-9-15(21)10-8-14/h3-12H,2,13H2,1H3,(H2,22,23,24,25). The smallest absolute Gasteiger partial charge is 0.340 e. The summed E-state index contributed by atoms with van der Waals surface area (Å²) in [5, 5.41) is 7.02. The van der Waals surface area contributed by atoms with Crippen molar-refractivity contribution in [2.24, 2.45) is 0 Å². The first kappa shape index (κ1) is 18.7. The first-order valence-corrected chi connectivity index (χ1v) is 8.88. The summed E-state index contributed by atoms with van der Waals surface area (Å²) in [5.41, 5.74) is 2.11. The second-order valence-electron chi connectivity index (χ2n) is 5.64. The van der Waals surface area contributed by atoms with Crippen molar-refractivity contribution in [3.8, 4) is 0 Å². The van der Waals surface area contributed by atoms with Gasteiger partial charge in [0.2, 0.25) is 5.95 Å². The molecule has 0 amide bonds. The lowest BCUT2D eigenvalue weighted by molar-refractivity contribution is 0.0527. The molecule has 0 fully saturated rings. The molecule has 0 spiro atoms. The fraction of sp³-hybridized carbons (Fsp3) is 0.150. The third-order valence-electron chi connectivity index (χ3n) is 3.71. The number of para-hydroxylation sites is 1. The minimum atomic E-state index is -0.391. The van der Waals surface area contributed by atoms with E-state index < -0.39 is 5.97 Å². The number of benzene rings is 2. The van der Waals surface area contributed by atoms with E-state index in [0.717, 1.165) is 5.56 Å². The Hall–Kier alpha value is -3.12. The topological polar surface area (TPSA) is 76.1 Å². The van der Waals surface area contributed by atoms with Crippen molar-refractivity contribution in [2.45, 2.75) is 13.5 Å². The van der Waals surface area contributed by atoms with Gasteiger partial charge < -0.3 is 15.4 Å². The molecule has 0 bridgehead atoms. The van der Waals surface area contributed by atoms with E-state index in [1.165, 1.54) is 0 Å². The normalized spacial score (nSPS) is 10.3. The van der Waals surface area contributed by atoms with Gasteiger partial charge in [-0.25, -0.2) is 9.78 Å². The van der Waals surface area contributed by atoms with Crippen molar-refractivity contribution in [1.82, 2.24) is 9.97 Å². The summed E-state index contributed by atoms with van der Waals surface area (Å²) in [5.74, 6) is 0.654. The summed E-state index contributed by atoms with van der Waals surface area (Å²) in [6, 6.07) is 16.5. The summed E-state index contributed by atoms with van der Waals surface area (Å²) in [7, 11) is 0. The van der Waals surface area contributed by atoms with E-state index in [-0.39, 0.29) is 0 Å². The van der Waals surface area contributed by atoms with Gasteiger partial charge in [-0.05, 0) is 42.8 Å². The lowest BCUT2D eigenvalue weighted by Gasteiger charge is -2.11. The van der Waals surface area contributed by atoms with Crippen molar-refractivity contribution < 1.29 is 9.53 Å². The maximum absolute atomic E-state index is 12.1. The number of aromatic nitrogens is 2. The zero-order valence-electron chi connectivity index (χ0n) is 14.8. The van der Waals surface area contributed by atoms with Gasteiger partial charge in [0, 0.05) is 17.8 Å². The summed E-state index contributed by atoms with van der Waals surface area (Å²) >= 11 is 5.90. The molecule has 27 heavy (non-hydrogen) atoms. The molecule has 1 heterocycles. The molecule has 1 aromatic heterocycles. The predicted molar refractivity (Wildman–Crippen MR) is 106 cm³/mol. The van der Waals surface area contributed by atoms with Gasteiger partial charge in [0.15, 0.2) is 0 Å². The Morgan fingerprint density at radius 3 is 2.67 bits per heavy atom. The van der Waals surface area contributed by atoms with Crippen molar-refractivity contribution in [1.29, 1.82) is 0 Å². The maximum atomic E-state index is 12.1. The average molecular weight is 383 g/mol. The molecule has 0 radical (unpaired) electrons. The van der Waals surface area contributed by atoms with Crippen LogP contribution in [0.3, 0.4) is 0 Å². The van der Waals surface area contributed by atoms with Crippen LogP contribution in [-0.2, 0) is 11.3 Å². The number of nitrogens with zero attached hydrogens (tertiary/aromatic N) is 2. The Balaban J connectivity index is 1.71. The third kappa shape index (κ3) is 5.18. The van der Waals surface area contributed by atoms with Gasteiger partial charge in [-0.1, -0.05) is 35.9 Å². The Bertz CT molecular complexity index is 916. The lowest BCUT2D eigenvalue weighted by Crippen LogP contribution is -2.09. The summed E-state index contributed by atoms with van der Waals surface area (Å²) in [4.78, 5) is 20.7. The number of anilines is 3. The fourth-order valence-corrected chi connectivity index (χ4v) is 2.54. The maximum Gasteiger partial charge on any atom is 0.340 e. The van der Waals surface area contributed by atoms with Crippen molar-refractivity contribution in [2.75, 3.05) is 17.2 Å². The number of carbonyl (C=O) groups is 1. The number of carbonyl (C=O) groups excluding carboxylic acids is 1. The molecule has 2 N–H and O–H groups in total. The summed E-state index contributed by atoms with van der Waals surface area (Å²) in [6.45, 7) is 2.69. The second kappa shape index (κ2) is 9.00. The zero-order chi connectivity index (χ0) is 19.1. The summed E-state index contributed by atoms with van der Waals surface area (Å²) in [6.07, 6.45) is 1.65. The quantitative estimate of drug-likeness (QED) is 0.578. The van der Waals surface area contributed by atoms with Crippen LogP contribution in [0.25, 0.3) is 0 Å². The van der Waals surface area contributed by atoms with Crippen LogP contribution in [0.1, 0.15) is 22.8 Å². The van der Waals surface area contributed by atoms with Crippen LogP contribution in [-0.4, -0.2) is 22.5 Å². The third-order valence-corrected chi connectivity index (χ3v) is 3.96. The summed E-state index contributed by atoms with van der Waals surface area (Å²) < 4.78 is 5.08. The second-order valence-corrected chi connectivity index (χ2v) is 6.07. The highest BCUT2D eigenvalue weighted by Gasteiger charge is 2.12. The molecule has 0 unspecified atom stereocenters. The van der Waals surface area contributed by atoms with E-state index in [9.17, 15) is 4.79 Å². The number of nitrogens with one attached hydrogen (secondary N) is 2. The van der Waals surface area contributed by atoms with E-state index in [0.29, 0.717) is 41.2 Å². The SMILES string of the molecule is CCOC(=O)c1ccccc1Nc1nccc(NCc2ccc(Cl)cc2)n1. The highest BCUT2D eigenvalue weighted by molar-refractivity contribution is 6.30. The molecule has 3 rings (SSSR count). The number of hydrogen-bond acceptors (Lipinski definition) is 6. The minimum absolute atomic E-state index is 0.313. The first-order chi connectivity index (χ1) is 13.2. The molecule has 7 heteroatoms. The molecule has 0 atom stereocenters. The van der Waals surface area contributed by atoms with Gasteiger partial charge in [-0.3, -0.25) is 0 Å². The number of ether oxygens (including phenoxy) is 1. The molecule has 0 saturated heterocycles. The van der Waals surface area contributed by atoms with Gasteiger partial charge in [-0.15, -0.1) is 0 Å². The van der Waals surface area contributed by atoms with Crippen LogP contribution >= 0.6 is 11.6 Å². The van der Waals surface area contributed by atoms with E-state index >= 15 is 0 Å². The molecule has 138 valence electrons. The number of rotatable bonds is 7. The zero-order valence-corrected chi connectivity index (χ0v) is 15.5. The van der Waals surface area contributed by atoms with E-state index in [2.05, 4.69) is 20.6 Å².